The molecule has 0 atom stereocenters. The van der Waals surface area contributed by atoms with Crippen LogP contribution in [0.2, 0.25) is 5.15 Å². The van der Waals surface area contributed by atoms with Gasteiger partial charge in [-0.15, -0.1) is 0 Å². The molecule has 4 nitrogen and oxygen atoms in total. The Bertz CT molecular complexity index is 1150. The van der Waals surface area contributed by atoms with Gasteiger partial charge in [-0.2, -0.15) is 0 Å². The Labute approximate surface area is 185 Å². The minimum absolute atomic E-state index is 0.418. The SMILES string of the molecule is C=C(Nc1ccccc1)c1cncc(-c2cnc(Cl)c(NSc3ccccc3)c2)c1. The zero-order valence-electron chi connectivity index (χ0n) is 16.0. The molecule has 0 saturated heterocycles. The second-order valence-electron chi connectivity index (χ2n) is 6.51. The van der Waals surface area contributed by atoms with E-state index in [1.54, 1.807) is 18.6 Å². The molecule has 0 amide bonds. The van der Waals surface area contributed by atoms with Gasteiger partial charge in [0.2, 0.25) is 0 Å². The van der Waals surface area contributed by atoms with Gasteiger partial charge >= 0.3 is 0 Å². The average Bonchev–Trinajstić information content (AvgIpc) is 2.80. The molecule has 0 aliphatic carbocycles. The fraction of sp³-hybridized carbons (Fsp3) is 0. The van der Waals surface area contributed by atoms with E-state index in [0.717, 1.165) is 38.7 Å². The van der Waals surface area contributed by atoms with E-state index in [0.29, 0.717) is 5.15 Å². The maximum absolute atomic E-state index is 6.30. The van der Waals surface area contributed by atoms with Crippen LogP contribution in [0.15, 0.2) is 103 Å². The highest BCUT2D eigenvalue weighted by Gasteiger charge is 2.08. The van der Waals surface area contributed by atoms with Crippen LogP contribution in [0.1, 0.15) is 5.56 Å². The summed E-state index contributed by atoms with van der Waals surface area (Å²) in [4.78, 5) is 9.80. The number of para-hydroxylation sites is 1. The lowest BCUT2D eigenvalue weighted by atomic mass is 10.1. The number of pyridine rings is 2. The van der Waals surface area contributed by atoms with Gasteiger partial charge in [0.15, 0.2) is 5.15 Å². The summed E-state index contributed by atoms with van der Waals surface area (Å²) in [5.41, 5.74) is 5.24. The molecule has 2 N–H and O–H groups in total. The highest BCUT2D eigenvalue weighted by Crippen LogP contribution is 2.31. The van der Waals surface area contributed by atoms with Crippen molar-refractivity contribution in [3.05, 3.63) is 109 Å². The van der Waals surface area contributed by atoms with Crippen LogP contribution in [0, 0.1) is 0 Å². The minimum Gasteiger partial charge on any atom is -0.355 e. The van der Waals surface area contributed by atoms with Crippen molar-refractivity contribution < 1.29 is 0 Å². The first kappa shape index (κ1) is 20.0. The summed E-state index contributed by atoms with van der Waals surface area (Å²) >= 11 is 7.78. The van der Waals surface area contributed by atoms with Crippen molar-refractivity contribution in [1.82, 2.24) is 9.97 Å². The molecule has 2 aromatic heterocycles. The number of aromatic nitrogens is 2. The summed E-state index contributed by atoms with van der Waals surface area (Å²) in [6.07, 6.45) is 5.34. The molecular weight excluding hydrogens is 412 g/mol. The molecule has 6 heteroatoms. The predicted octanol–water partition coefficient (Wildman–Crippen LogP) is 7.00. The van der Waals surface area contributed by atoms with E-state index in [-0.39, 0.29) is 0 Å². The lowest BCUT2D eigenvalue weighted by molar-refractivity contribution is 1.28. The number of anilines is 2. The summed E-state index contributed by atoms with van der Waals surface area (Å²) < 4.78 is 3.28. The van der Waals surface area contributed by atoms with Gasteiger partial charge in [0.05, 0.1) is 5.69 Å². The number of nitrogens with zero attached hydrogens (tertiary/aromatic N) is 2. The van der Waals surface area contributed by atoms with Crippen molar-refractivity contribution in [2.24, 2.45) is 0 Å². The molecule has 0 saturated carbocycles. The molecule has 4 rings (SSSR count). The van der Waals surface area contributed by atoms with E-state index in [4.69, 9.17) is 11.6 Å². The third-order valence-corrected chi connectivity index (χ3v) is 5.48. The number of halogens is 1. The van der Waals surface area contributed by atoms with E-state index < -0.39 is 0 Å². The van der Waals surface area contributed by atoms with Crippen LogP contribution in [-0.2, 0) is 0 Å². The van der Waals surface area contributed by atoms with Crippen LogP contribution in [-0.4, -0.2) is 9.97 Å². The van der Waals surface area contributed by atoms with Gasteiger partial charge in [-0.1, -0.05) is 54.6 Å². The number of benzene rings is 2. The van der Waals surface area contributed by atoms with Crippen molar-refractivity contribution in [3.63, 3.8) is 0 Å². The second kappa shape index (κ2) is 9.48. The van der Waals surface area contributed by atoms with Gasteiger partial charge in [0.1, 0.15) is 0 Å². The Kier molecular flexibility index (Phi) is 6.32. The molecule has 0 radical (unpaired) electrons. The molecular formula is C24H19ClN4S. The smallest absolute Gasteiger partial charge is 0.152 e. The molecule has 148 valence electrons. The minimum atomic E-state index is 0.418. The molecule has 0 aliphatic heterocycles. The maximum atomic E-state index is 6.30. The quantitative estimate of drug-likeness (QED) is 0.244. The van der Waals surface area contributed by atoms with Crippen LogP contribution in [0.5, 0.6) is 0 Å². The Morgan fingerprint density at radius 2 is 1.57 bits per heavy atom. The highest BCUT2D eigenvalue weighted by atomic mass is 35.5. The summed E-state index contributed by atoms with van der Waals surface area (Å²) in [7, 11) is 0. The lowest BCUT2D eigenvalue weighted by Crippen LogP contribution is -1.98. The first-order valence-corrected chi connectivity index (χ1v) is 10.5. The predicted molar refractivity (Wildman–Crippen MR) is 127 cm³/mol. The fourth-order valence-corrected chi connectivity index (χ4v) is 3.69. The first-order chi connectivity index (χ1) is 14.7. The highest BCUT2D eigenvalue weighted by molar-refractivity contribution is 8.00. The van der Waals surface area contributed by atoms with E-state index in [1.807, 2.05) is 72.8 Å². The van der Waals surface area contributed by atoms with E-state index in [2.05, 4.69) is 26.6 Å². The van der Waals surface area contributed by atoms with Crippen LogP contribution in [0.4, 0.5) is 11.4 Å². The van der Waals surface area contributed by atoms with E-state index in [1.165, 1.54) is 11.9 Å². The number of hydrogen-bond donors (Lipinski definition) is 2. The molecule has 0 spiro atoms. The molecule has 0 fully saturated rings. The topological polar surface area (TPSA) is 49.8 Å². The zero-order chi connectivity index (χ0) is 20.8. The van der Waals surface area contributed by atoms with Gasteiger partial charge in [0.25, 0.3) is 0 Å². The molecule has 2 aromatic carbocycles. The van der Waals surface area contributed by atoms with Crippen LogP contribution in [0.3, 0.4) is 0 Å². The fourth-order valence-electron chi connectivity index (χ4n) is 2.81. The Hall–Kier alpha value is -3.28. The third-order valence-electron chi connectivity index (χ3n) is 4.35. The third kappa shape index (κ3) is 5.00. The average molecular weight is 431 g/mol. The Morgan fingerprint density at radius 3 is 2.33 bits per heavy atom. The second-order valence-corrected chi connectivity index (χ2v) is 7.75. The molecule has 0 unspecified atom stereocenters. The zero-order valence-corrected chi connectivity index (χ0v) is 17.6. The molecule has 2 heterocycles. The van der Waals surface area contributed by atoms with Crippen molar-refractivity contribution in [2.75, 3.05) is 10.0 Å². The van der Waals surface area contributed by atoms with Crippen LogP contribution >= 0.6 is 23.5 Å². The molecule has 0 aliphatic rings. The van der Waals surface area contributed by atoms with Gasteiger partial charge in [0, 0.05) is 51.6 Å². The number of rotatable bonds is 7. The lowest BCUT2D eigenvalue weighted by Gasteiger charge is -2.12. The first-order valence-electron chi connectivity index (χ1n) is 9.29. The molecule has 0 bridgehead atoms. The van der Waals surface area contributed by atoms with Gasteiger partial charge in [-0.05, 0) is 48.3 Å². The van der Waals surface area contributed by atoms with Crippen molar-refractivity contribution in [1.29, 1.82) is 0 Å². The standard InChI is InChI=1S/C24H19ClN4S/c1-17(28-21-8-4-2-5-9-21)18-12-19(15-26-14-18)20-13-23(24(25)27-16-20)29-30-22-10-6-3-7-11-22/h2-16,28-29H,1H2. The monoisotopic (exact) mass is 430 g/mol. The van der Waals surface area contributed by atoms with Crippen molar-refractivity contribution in [3.8, 4) is 11.1 Å². The number of nitrogens with one attached hydrogen (secondary N) is 2. The maximum Gasteiger partial charge on any atom is 0.152 e. The van der Waals surface area contributed by atoms with Gasteiger partial charge in [-0.25, -0.2) is 4.98 Å². The summed E-state index contributed by atoms with van der Waals surface area (Å²) in [5.74, 6) is 0. The molecule has 4 aromatic rings. The summed E-state index contributed by atoms with van der Waals surface area (Å²) in [5, 5.41) is 3.73. The summed E-state index contributed by atoms with van der Waals surface area (Å²) in [6, 6.07) is 24.0. The normalized spacial score (nSPS) is 10.4. The van der Waals surface area contributed by atoms with E-state index >= 15 is 0 Å². The summed E-state index contributed by atoms with van der Waals surface area (Å²) in [6.45, 7) is 4.15. The molecule has 30 heavy (non-hydrogen) atoms. The Morgan fingerprint density at radius 1 is 0.867 bits per heavy atom. The Balaban J connectivity index is 1.53. The van der Waals surface area contributed by atoms with E-state index in [9.17, 15) is 0 Å². The largest absolute Gasteiger partial charge is 0.355 e. The van der Waals surface area contributed by atoms with Crippen LogP contribution in [0.25, 0.3) is 16.8 Å². The van der Waals surface area contributed by atoms with Gasteiger partial charge < -0.3 is 10.0 Å². The van der Waals surface area contributed by atoms with Crippen molar-refractivity contribution in [2.45, 2.75) is 4.90 Å². The number of hydrogen-bond acceptors (Lipinski definition) is 5. The van der Waals surface area contributed by atoms with Crippen molar-refractivity contribution >= 4 is 40.6 Å². The van der Waals surface area contributed by atoms with Crippen LogP contribution < -0.4 is 10.0 Å². The van der Waals surface area contributed by atoms with Gasteiger partial charge in [-0.3, -0.25) is 4.98 Å².